The molecule has 1 N–H and O–H groups in total. The highest BCUT2D eigenvalue weighted by Crippen LogP contribution is 2.24. The number of rotatable bonds is 3. The van der Waals surface area contributed by atoms with Crippen molar-refractivity contribution in [3.8, 4) is 0 Å². The van der Waals surface area contributed by atoms with Gasteiger partial charge in [0.15, 0.2) is 6.29 Å². The van der Waals surface area contributed by atoms with Gasteiger partial charge in [-0.05, 0) is 19.1 Å². The molecule has 1 unspecified atom stereocenters. The van der Waals surface area contributed by atoms with E-state index in [0.29, 0.717) is 25.3 Å². The van der Waals surface area contributed by atoms with E-state index in [9.17, 15) is 9.90 Å². The number of carbonyl (C=O) groups is 1. The Kier molecular flexibility index (Phi) is 3.76. The van der Waals surface area contributed by atoms with Gasteiger partial charge in [-0.3, -0.25) is 4.79 Å². The molecule has 17 heavy (non-hydrogen) atoms. The van der Waals surface area contributed by atoms with Crippen molar-refractivity contribution in [2.45, 2.75) is 13.0 Å². The SMILES string of the molecule is Cc1ccc(N2CCOCC2CO)c(C=O)c1. The van der Waals surface area contributed by atoms with Crippen molar-refractivity contribution in [2.75, 3.05) is 31.3 Å². The molecule has 1 heterocycles. The van der Waals surface area contributed by atoms with Crippen LogP contribution in [0.25, 0.3) is 0 Å². The van der Waals surface area contributed by atoms with Gasteiger partial charge in [-0.25, -0.2) is 0 Å². The second-order valence-electron chi connectivity index (χ2n) is 4.28. The first-order chi connectivity index (χ1) is 8.26. The van der Waals surface area contributed by atoms with Crippen LogP contribution in [0.3, 0.4) is 0 Å². The van der Waals surface area contributed by atoms with E-state index in [1.165, 1.54) is 0 Å². The van der Waals surface area contributed by atoms with Crippen LogP contribution in [0.15, 0.2) is 18.2 Å². The molecule has 0 saturated carbocycles. The van der Waals surface area contributed by atoms with E-state index < -0.39 is 0 Å². The summed E-state index contributed by atoms with van der Waals surface area (Å²) in [5.74, 6) is 0. The maximum absolute atomic E-state index is 11.1. The molecule has 0 bridgehead atoms. The number of aryl methyl sites for hydroxylation is 1. The third-order valence-corrected chi connectivity index (χ3v) is 3.06. The molecule has 1 aromatic carbocycles. The second-order valence-corrected chi connectivity index (χ2v) is 4.28. The lowest BCUT2D eigenvalue weighted by Gasteiger charge is -2.37. The highest BCUT2D eigenvalue weighted by Gasteiger charge is 2.24. The van der Waals surface area contributed by atoms with Gasteiger partial charge >= 0.3 is 0 Å². The molecular weight excluding hydrogens is 218 g/mol. The van der Waals surface area contributed by atoms with Crippen LogP contribution in [0, 0.1) is 6.92 Å². The smallest absolute Gasteiger partial charge is 0.152 e. The lowest BCUT2D eigenvalue weighted by molar-refractivity contribution is 0.0725. The van der Waals surface area contributed by atoms with E-state index in [2.05, 4.69) is 0 Å². The fourth-order valence-corrected chi connectivity index (χ4v) is 2.15. The summed E-state index contributed by atoms with van der Waals surface area (Å²) in [5, 5.41) is 9.33. The molecule has 4 nitrogen and oxygen atoms in total. The van der Waals surface area contributed by atoms with Crippen molar-refractivity contribution < 1.29 is 14.6 Å². The number of nitrogens with zero attached hydrogens (tertiary/aromatic N) is 1. The van der Waals surface area contributed by atoms with Gasteiger partial charge in [-0.1, -0.05) is 11.6 Å². The Morgan fingerprint density at radius 2 is 2.41 bits per heavy atom. The van der Waals surface area contributed by atoms with Crippen molar-refractivity contribution in [1.29, 1.82) is 0 Å². The van der Waals surface area contributed by atoms with E-state index in [0.717, 1.165) is 17.5 Å². The Bertz CT molecular complexity index is 406. The zero-order valence-corrected chi connectivity index (χ0v) is 9.93. The van der Waals surface area contributed by atoms with Crippen molar-refractivity contribution >= 4 is 12.0 Å². The molecule has 1 fully saturated rings. The molecule has 0 radical (unpaired) electrons. The van der Waals surface area contributed by atoms with Crippen LogP contribution in [-0.2, 0) is 4.74 Å². The molecule has 0 amide bonds. The summed E-state index contributed by atoms with van der Waals surface area (Å²) in [5.41, 5.74) is 2.61. The minimum Gasteiger partial charge on any atom is -0.394 e. The van der Waals surface area contributed by atoms with Crippen LogP contribution < -0.4 is 4.90 Å². The summed E-state index contributed by atoms with van der Waals surface area (Å²) < 4.78 is 5.33. The fourth-order valence-electron chi connectivity index (χ4n) is 2.15. The van der Waals surface area contributed by atoms with Crippen molar-refractivity contribution in [2.24, 2.45) is 0 Å². The molecule has 1 saturated heterocycles. The summed E-state index contributed by atoms with van der Waals surface area (Å²) in [4.78, 5) is 13.1. The van der Waals surface area contributed by atoms with Crippen LogP contribution in [0.2, 0.25) is 0 Å². The highest BCUT2D eigenvalue weighted by molar-refractivity contribution is 5.85. The summed E-state index contributed by atoms with van der Waals surface area (Å²) in [6.07, 6.45) is 0.867. The molecule has 1 aliphatic rings. The minimum atomic E-state index is -0.0647. The summed E-state index contributed by atoms with van der Waals surface area (Å²) in [6.45, 7) is 3.83. The van der Waals surface area contributed by atoms with Crippen molar-refractivity contribution in [3.63, 3.8) is 0 Å². The number of carbonyl (C=O) groups excluding carboxylic acids is 1. The van der Waals surface area contributed by atoms with Gasteiger partial charge in [0, 0.05) is 17.8 Å². The topological polar surface area (TPSA) is 49.8 Å². The summed E-state index contributed by atoms with van der Waals surface area (Å²) in [6, 6.07) is 5.72. The predicted octanol–water partition coefficient (Wildman–Crippen LogP) is 1.01. The van der Waals surface area contributed by atoms with Crippen LogP contribution >= 0.6 is 0 Å². The number of benzene rings is 1. The first-order valence-corrected chi connectivity index (χ1v) is 5.77. The van der Waals surface area contributed by atoms with Gasteiger partial charge in [-0.2, -0.15) is 0 Å². The number of morpholine rings is 1. The first-order valence-electron chi connectivity index (χ1n) is 5.77. The molecule has 0 aliphatic carbocycles. The van der Waals surface area contributed by atoms with Gasteiger partial charge in [0.1, 0.15) is 0 Å². The zero-order chi connectivity index (χ0) is 12.3. The lowest BCUT2D eigenvalue weighted by atomic mass is 10.1. The van der Waals surface area contributed by atoms with Crippen molar-refractivity contribution in [3.05, 3.63) is 29.3 Å². The van der Waals surface area contributed by atoms with Gasteiger partial charge in [0.2, 0.25) is 0 Å². The number of aliphatic hydroxyl groups is 1. The number of aldehydes is 1. The number of ether oxygens (including phenoxy) is 1. The Hall–Kier alpha value is -1.39. The predicted molar refractivity (Wildman–Crippen MR) is 65.6 cm³/mol. The maximum Gasteiger partial charge on any atom is 0.152 e. The van der Waals surface area contributed by atoms with E-state index >= 15 is 0 Å². The van der Waals surface area contributed by atoms with E-state index in [4.69, 9.17) is 4.74 Å². The fraction of sp³-hybridized carbons (Fsp3) is 0.462. The molecule has 4 heteroatoms. The van der Waals surface area contributed by atoms with Crippen LogP contribution in [0.4, 0.5) is 5.69 Å². The molecule has 1 aliphatic heterocycles. The molecule has 1 aromatic rings. The van der Waals surface area contributed by atoms with Gasteiger partial charge in [0.25, 0.3) is 0 Å². The third kappa shape index (κ3) is 2.48. The number of aliphatic hydroxyl groups excluding tert-OH is 1. The normalized spacial score (nSPS) is 20.4. The Labute approximate surface area is 101 Å². The second kappa shape index (κ2) is 5.29. The van der Waals surface area contributed by atoms with Gasteiger partial charge in [0.05, 0.1) is 25.9 Å². The van der Waals surface area contributed by atoms with Crippen molar-refractivity contribution in [1.82, 2.24) is 0 Å². The monoisotopic (exact) mass is 235 g/mol. The zero-order valence-electron chi connectivity index (χ0n) is 9.93. The Balaban J connectivity index is 2.34. The Morgan fingerprint density at radius 1 is 1.59 bits per heavy atom. The molecule has 2 rings (SSSR count). The van der Waals surface area contributed by atoms with E-state index in [1.54, 1.807) is 0 Å². The molecular formula is C13H17NO3. The third-order valence-electron chi connectivity index (χ3n) is 3.06. The first kappa shape index (κ1) is 12.1. The highest BCUT2D eigenvalue weighted by atomic mass is 16.5. The molecule has 0 aromatic heterocycles. The lowest BCUT2D eigenvalue weighted by Crippen LogP contribution is -2.48. The average molecular weight is 235 g/mol. The molecule has 1 atom stereocenters. The summed E-state index contributed by atoms with van der Waals surface area (Å²) in [7, 11) is 0. The van der Waals surface area contributed by atoms with Crippen LogP contribution in [0.5, 0.6) is 0 Å². The van der Waals surface area contributed by atoms with E-state index in [1.807, 2.05) is 30.0 Å². The molecule has 92 valence electrons. The number of hydrogen-bond donors (Lipinski definition) is 1. The van der Waals surface area contributed by atoms with Crippen LogP contribution in [0.1, 0.15) is 15.9 Å². The maximum atomic E-state index is 11.1. The summed E-state index contributed by atoms with van der Waals surface area (Å²) >= 11 is 0. The van der Waals surface area contributed by atoms with Crippen LogP contribution in [-0.4, -0.2) is 43.8 Å². The number of hydrogen-bond acceptors (Lipinski definition) is 4. The quantitative estimate of drug-likeness (QED) is 0.794. The molecule has 0 spiro atoms. The van der Waals surface area contributed by atoms with E-state index in [-0.39, 0.29) is 12.6 Å². The largest absolute Gasteiger partial charge is 0.394 e. The minimum absolute atomic E-state index is 0.0339. The average Bonchev–Trinajstić information content (AvgIpc) is 2.38. The number of anilines is 1. The Morgan fingerprint density at radius 3 is 3.12 bits per heavy atom. The standard InChI is InChI=1S/C13H17NO3/c1-10-2-3-13(11(6-10)7-15)14-4-5-17-9-12(14)8-16/h2-3,6-7,12,16H,4-5,8-9H2,1H3. The van der Waals surface area contributed by atoms with Gasteiger partial charge < -0.3 is 14.7 Å². The van der Waals surface area contributed by atoms with Gasteiger partial charge in [-0.15, -0.1) is 0 Å².